The monoisotopic (exact) mass is 583 g/mol. The number of nitrogens with one attached hydrogen (secondary N) is 1. The number of sulfonamides is 1. The normalized spacial score (nSPS) is 12.2. The van der Waals surface area contributed by atoms with Crippen molar-refractivity contribution in [3.05, 3.63) is 94.5 Å². The second kappa shape index (κ2) is 13.8. The molecule has 3 aromatic rings. The van der Waals surface area contributed by atoms with Crippen LogP contribution in [0.15, 0.2) is 77.7 Å². The quantitative estimate of drug-likeness (QED) is 0.295. The third-order valence-electron chi connectivity index (χ3n) is 6.57. The number of rotatable bonds is 12. The number of halogens is 1. The van der Waals surface area contributed by atoms with Crippen LogP contribution in [0, 0.1) is 19.8 Å². The molecule has 0 saturated carbocycles. The van der Waals surface area contributed by atoms with Crippen molar-refractivity contribution in [2.75, 3.05) is 17.4 Å². The van der Waals surface area contributed by atoms with Crippen molar-refractivity contribution in [2.45, 2.75) is 58.5 Å². The number of amides is 2. The summed E-state index contributed by atoms with van der Waals surface area (Å²) in [7, 11) is -4.10. The van der Waals surface area contributed by atoms with Gasteiger partial charge < -0.3 is 10.2 Å². The lowest BCUT2D eigenvalue weighted by molar-refractivity contribution is -0.140. The van der Waals surface area contributed by atoms with Crippen LogP contribution in [0.1, 0.15) is 43.9 Å². The molecule has 1 atom stereocenters. The summed E-state index contributed by atoms with van der Waals surface area (Å²) in [5.74, 6) is -0.527. The Bertz CT molecular complexity index is 1410. The fourth-order valence-electron chi connectivity index (χ4n) is 4.45. The second-order valence-corrected chi connectivity index (χ2v) is 12.6. The lowest BCUT2D eigenvalue weighted by atomic mass is 10.1. The average Bonchev–Trinajstić information content (AvgIpc) is 2.92. The van der Waals surface area contributed by atoms with Crippen molar-refractivity contribution in [2.24, 2.45) is 5.92 Å². The second-order valence-electron chi connectivity index (χ2n) is 10.3. The van der Waals surface area contributed by atoms with Crippen LogP contribution in [0.25, 0.3) is 0 Å². The minimum atomic E-state index is -4.10. The summed E-state index contributed by atoms with van der Waals surface area (Å²) in [5, 5.41) is 3.49. The molecule has 0 heterocycles. The van der Waals surface area contributed by atoms with Gasteiger partial charge in [-0.25, -0.2) is 8.42 Å². The van der Waals surface area contributed by atoms with E-state index in [2.05, 4.69) is 5.32 Å². The van der Waals surface area contributed by atoms with E-state index >= 15 is 0 Å². The van der Waals surface area contributed by atoms with E-state index in [1.54, 1.807) is 48.5 Å². The predicted molar refractivity (Wildman–Crippen MR) is 161 cm³/mol. The molecule has 9 heteroatoms. The first-order valence-electron chi connectivity index (χ1n) is 13.4. The van der Waals surface area contributed by atoms with Gasteiger partial charge in [0.05, 0.1) is 10.6 Å². The molecule has 0 saturated heterocycles. The topological polar surface area (TPSA) is 86.8 Å². The fraction of sp³-hybridized carbons (Fsp3) is 0.355. The Morgan fingerprint density at radius 1 is 0.950 bits per heavy atom. The van der Waals surface area contributed by atoms with Crippen molar-refractivity contribution >= 4 is 39.1 Å². The Morgan fingerprint density at radius 3 is 2.17 bits per heavy atom. The highest BCUT2D eigenvalue weighted by Gasteiger charge is 2.34. The van der Waals surface area contributed by atoms with Gasteiger partial charge in [-0.05, 0) is 67.6 Å². The maximum atomic E-state index is 14.1. The predicted octanol–water partition coefficient (Wildman–Crippen LogP) is 5.73. The average molecular weight is 584 g/mol. The van der Waals surface area contributed by atoms with Crippen LogP contribution in [0.4, 0.5) is 5.69 Å². The first-order valence-corrected chi connectivity index (χ1v) is 15.2. The van der Waals surface area contributed by atoms with Crippen LogP contribution in [-0.4, -0.2) is 44.3 Å². The smallest absolute Gasteiger partial charge is 0.264 e. The van der Waals surface area contributed by atoms with Crippen molar-refractivity contribution in [3.8, 4) is 0 Å². The fourth-order valence-corrected chi connectivity index (χ4v) is 6.07. The van der Waals surface area contributed by atoms with Crippen molar-refractivity contribution in [3.63, 3.8) is 0 Å². The zero-order chi connectivity index (χ0) is 29.4. The summed E-state index contributed by atoms with van der Waals surface area (Å²) in [6.07, 6.45) is 0.359. The summed E-state index contributed by atoms with van der Waals surface area (Å²) < 4.78 is 29.0. The molecular weight excluding hydrogens is 546 g/mol. The Hall–Kier alpha value is -3.36. The SMILES string of the molecule is CCC(C(=O)NCC(C)C)N(Cc1ccc(Cl)cc1)C(=O)CN(c1ccc(C)cc1C)S(=O)(=O)c1ccccc1. The molecular formula is C31H38ClN3O4S. The maximum absolute atomic E-state index is 14.1. The van der Waals surface area contributed by atoms with Crippen LogP contribution in [0.5, 0.6) is 0 Å². The number of anilines is 1. The Balaban J connectivity index is 2.06. The third kappa shape index (κ3) is 7.86. The van der Waals surface area contributed by atoms with Crippen LogP contribution in [-0.2, 0) is 26.2 Å². The molecule has 3 rings (SSSR count). The number of carbonyl (C=O) groups excluding carboxylic acids is 2. The van der Waals surface area contributed by atoms with E-state index in [4.69, 9.17) is 11.6 Å². The van der Waals surface area contributed by atoms with Crippen molar-refractivity contribution in [1.29, 1.82) is 0 Å². The highest BCUT2D eigenvalue weighted by molar-refractivity contribution is 7.92. The number of aryl methyl sites for hydroxylation is 2. The van der Waals surface area contributed by atoms with Gasteiger partial charge in [-0.15, -0.1) is 0 Å². The number of hydrogen-bond acceptors (Lipinski definition) is 4. The molecule has 0 aromatic heterocycles. The minimum absolute atomic E-state index is 0.0775. The van der Waals surface area contributed by atoms with Crippen LogP contribution >= 0.6 is 11.6 Å². The number of benzene rings is 3. The molecule has 0 spiro atoms. The first kappa shape index (κ1) is 31.2. The first-order chi connectivity index (χ1) is 18.9. The summed E-state index contributed by atoms with van der Waals surface area (Å²) >= 11 is 6.07. The Kier molecular flexibility index (Phi) is 10.8. The van der Waals surface area contributed by atoms with Gasteiger partial charge >= 0.3 is 0 Å². The van der Waals surface area contributed by atoms with E-state index in [1.165, 1.54) is 17.0 Å². The van der Waals surface area contributed by atoms with E-state index in [9.17, 15) is 18.0 Å². The maximum Gasteiger partial charge on any atom is 0.264 e. The molecule has 0 aliphatic carbocycles. The molecule has 1 N–H and O–H groups in total. The molecule has 40 heavy (non-hydrogen) atoms. The standard InChI is InChI=1S/C31H38ClN3O4S/c1-6-28(31(37)33-19-22(2)3)34(20-25-13-15-26(32)16-14-25)30(36)21-35(29-17-12-23(4)18-24(29)5)40(38,39)27-10-8-7-9-11-27/h7-18,22,28H,6,19-21H2,1-5H3,(H,33,37). The van der Waals surface area contributed by atoms with E-state index in [0.717, 1.165) is 21.0 Å². The summed E-state index contributed by atoms with van der Waals surface area (Å²) in [4.78, 5) is 28.9. The lowest BCUT2D eigenvalue weighted by Crippen LogP contribution is -2.52. The van der Waals surface area contributed by atoms with Gasteiger partial charge in [0.15, 0.2) is 0 Å². The molecule has 214 valence electrons. The molecule has 3 aromatic carbocycles. The number of nitrogens with zero attached hydrogens (tertiary/aromatic N) is 2. The summed E-state index contributed by atoms with van der Waals surface area (Å²) in [6.45, 7) is 9.69. The molecule has 0 aliphatic heterocycles. The van der Waals surface area contributed by atoms with Gasteiger partial charge in [0.25, 0.3) is 10.0 Å². The zero-order valence-corrected chi connectivity index (χ0v) is 25.3. The largest absolute Gasteiger partial charge is 0.354 e. The number of hydrogen-bond donors (Lipinski definition) is 1. The van der Waals surface area contributed by atoms with Gasteiger partial charge in [-0.3, -0.25) is 13.9 Å². The highest BCUT2D eigenvalue weighted by Crippen LogP contribution is 2.28. The van der Waals surface area contributed by atoms with Gasteiger partial charge in [-0.1, -0.05) is 80.4 Å². The summed E-state index contributed by atoms with van der Waals surface area (Å²) in [6, 6.07) is 19.7. The Morgan fingerprint density at radius 2 is 1.60 bits per heavy atom. The molecule has 0 radical (unpaired) electrons. The summed E-state index contributed by atoms with van der Waals surface area (Å²) in [5.41, 5.74) is 2.88. The Labute approximate surface area is 243 Å². The lowest BCUT2D eigenvalue weighted by Gasteiger charge is -2.33. The van der Waals surface area contributed by atoms with Gasteiger partial charge in [0.2, 0.25) is 11.8 Å². The van der Waals surface area contributed by atoms with E-state index in [1.807, 2.05) is 46.8 Å². The molecule has 0 bridgehead atoms. The van der Waals surface area contributed by atoms with Crippen LogP contribution < -0.4 is 9.62 Å². The minimum Gasteiger partial charge on any atom is -0.354 e. The van der Waals surface area contributed by atoms with Crippen LogP contribution in [0.3, 0.4) is 0 Å². The van der Waals surface area contributed by atoms with Gasteiger partial charge in [0, 0.05) is 18.1 Å². The number of carbonyl (C=O) groups is 2. The molecule has 2 amide bonds. The van der Waals surface area contributed by atoms with Gasteiger partial charge in [-0.2, -0.15) is 0 Å². The third-order valence-corrected chi connectivity index (χ3v) is 8.59. The van der Waals surface area contributed by atoms with E-state index in [-0.39, 0.29) is 23.3 Å². The molecule has 1 unspecified atom stereocenters. The molecule has 7 nitrogen and oxygen atoms in total. The molecule has 0 aliphatic rings. The van der Waals surface area contributed by atoms with Gasteiger partial charge in [0.1, 0.15) is 12.6 Å². The highest BCUT2D eigenvalue weighted by atomic mass is 35.5. The molecule has 0 fully saturated rings. The van der Waals surface area contributed by atoms with E-state index < -0.39 is 28.5 Å². The van der Waals surface area contributed by atoms with Crippen molar-refractivity contribution in [1.82, 2.24) is 10.2 Å². The van der Waals surface area contributed by atoms with Crippen LogP contribution in [0.2, 0.25) is 5.02 Å². The zero-order valence-electron chi connectivity index (χ0n) is 23.7. The van der Waals surface area contributed by atoms with E-state index in [0.29, 0.717) is 23.7 Å². The van der Waals surface area contributed by atoms with Crippen molar-refractivity contribution < 1.29 is 18.0 Å².